The normalized spacial score (nSPS) is 10.8. The zero-order valence-corrected chi connectivity index (χ0v) is 9.03. The minimum Gasteiger partial charge on any atom is -0.277 e. The quantitative estimate of drug-likeness (QED) is 0.711. The van der Waals surface area contributed by atoms with E-state index in [-0.39, 0.29) is 0 Å². The zero-order chi connectivity index (χ0) is 10.8. The van der Waals surface area contributed by atoms with Crippen molar-refractivity contribution in [1.82, 2.24) is 30.8 Å². The van der Waals surface area contributed by atoms with Crippen molar-refractivity contribution >= 4 is 11.3 Å². The van der Waals surface area contributed by atoms with Gasteiger partial charge < -0.3 is 0 Å². The number of hydrogen-bond acceptors (Lipinski definition) is 5. The van der Waals surface area contributed by atoms with Crippen LogP contribution in [0.3, 0.4) is 0 Å². The second kappa shape index (κ2) is 3.86. The summed E-state index contributed by atoms with van der Waals surface area (Å²) in [6.07, 6.45) is 2.42. The minimum atomic E-state index is 0.625. The zero-order valence-electron chi connectivity index (χ0n) is 8.21. The number of nitrogens with one attached hydrogen (secondary N) is 2. The van der Waals surface area contributed by atoms with E-state index in [1.165, 1.54) is 0 Å². The SMILES string of the molecule is c1csc(-c2[nH]ncc2Cc2nn[nH]n2)c1. The lowest BCUT2D eigenvalue weighted by molar-refractivity contribution is 0.881. The van der Waals surface area contributed by atoms with Crippen molar-refractivity contribution in [3.8, 4) is 10.6 Å². The Morgan fingerprint density at radius 3 is 3.12 bits per heavy atom. The van der Waals surface area contributed by atoms with Crippen molar-refractivity contribution in [1.29, 1.82) is 0 Å². The summed E-state index contributed by atoms with van der Waals surface area (Å²) in [5.74, 6) is 0.666. The van der Waals surface area contributed by atoms with E-state index in [2.05, 4.69) is 36.9 Å². The molecule has 0 spiro atoms. The summed E-state index contributed by atoms with van der Waals surface area (Å²) in [7, 11) is 0. The number of nitrogens with zero attached hydrogens (tertiary/aromatic N) is 4. The molecule has 3 aromatic heterocycles. The van der Waals surface area contributed by atoms with Crippen LogP contribution >= 0.6 is 11.3 Å². The summed E-state index contributed by atoms with van der Waals surface area (Å²) in [6.45, 7) is 0. The topological polar surface area (TPSA) is 83.1 Å². The first kappa shape index (κ1) is 9.22. The van der Waals surface area contributed by atoms with Gasteiger partial charge >= 0.3 is 0 Å². The molecule has 0 unspecified atom stereocenters. The molecule has 6 nitrogen and oxygen atoms in total. The van der Waals surface area contributed by atoms with Crippen LogP contribution in [0.25, 0.3) is 10.6 Å². The first-order valence-electron chi connectivity index (χ1n) is 4.72. The number of H-pyrrole nitrogens is 2. The molecule has 3 heterocycles. The molecule has 80 valence electrons. The summed E-state index contributed by atoms with van der Waals surface area (Å²) < 4.78 is 0. The summed E-state index contributed by atoms with van der Waals surface area (Å²) in [6, 6.07) is 4.07. The van der Waals surface area contributed by atoms with Crippen LogP contribution in [-0.4, -0.2) is 30.8 Å². The molecule has 0 bridgehead atoms. The molecule has 0 atom stereocenters. The number of aromatic nitrogens is 6. The highest BCUT2D eigenvalue weighted by Crippen LogP contribution is 2.26. The maximum Gasteiger partial charge on any atom is 0.179 e. The molecule has 3 rings (SSSR count). The van der Waals surface area contributed by atoms with Gasteiger partial charge in [-0.2, -0.15) is 10.3 Å². The molecule has 0 fully saturated rings. The lowest BCUT2D eigenvalue weighted by Gasteiger charge is -1.96. The first-order valence-corrected chi connectivity index (χ1v) is 5.60. The molecule has 3 aromatic rings. The standard InChI is InChI=1S/C9H8N6S/c1-2-7(16-3-1)9-6(5-10-13-9)4-8-11-14-15-12-8/h1-3,5H,4H2,(H,10,13)(H,11,12,14,15). The molecule has 0 aliphatic carbocycles. The molecule has 0 radical (unpaired) electrons. The van der Waals surface area contributed by atoms with Gasteiger partial charge in [-0.3, -0.25) is 5.10 Å². The van der Waals surface area contributed by atoms with Gasteiger partial charge in [0, 0.05) is 12.0 Å². The van der Waals surface area contributed by atoms with E-state index in [0.717, 1.165) is 16.1 Å². The Bertz CT molecular complexity index is 553. The molecule has 0 aliphatic rings. The van der Waals surface area contributed by atoms with Gasteiger partial charge in [-0.25, -0.2) is 0 Å². The third kappa shape index (κ3) is 1.61. The summed E-state index contributed by atoms with van der Waals surface area (Å²) >= 11 is 1.67. The maximum absolute atomic E-state index is 4.05. The Labute approximate surface area is 94.7 Å². The number of thiophene rings is 1. The van der Waals surface area contributed by atoms with Gasteiger partial charge in [0.15, 0.2) is 5.82 Å². The predicted molar refractivity (Wildman–Crippen MR) is 58.9 cm³/mol. The van der Waals surface area contributed by atoms with Crippen LogP contribution in [0.4, 0.5) is 0 Å². The van der Waals surface area contributed by atoms with Gasteiger partial charge in [-0.05, 0) is 11.4 Å². The van der Waals surface area contributed by atoms with Gasteiger partial charge in [-0.15, -0.1) is 21.5 Å². The minimum absolute atomic E-state index is 0.625. The Balaban J connectivity index is 1.94. The highest BCUT2D eigenvalue weighted by Gasteiger charge is 2.10. The lowest BCUT2D eigenvalue weighted by atomic mass is 10.1. The number of rotatable bonds is 3. The van der Waals surface area contributed by atoms with Crippen molar-refractivity contribution in [2.45, 2.75) is 6.42 Å². The van der Waals surface area contributed by atoms with Crippen LogP contribution < -0.4 is 0 Å². The van der Waals surface area contributed by atoms with Gasteiger partial charge in [-0.1, -0.05) is 11.3 Å². The highest BCUT2D eigenvalue weighted by atomic mass is 32.1. The van der Waals surface area contributed by atoms with Crippen molar-refractivity contribution < 1.29 is 0 Å². The predicted octanol–water partition coefficient (Wildman–Crippen LogP) is 1.24. The van der Waals surface area contributed by atoms with E-state index >= 15 is 0 Å². The lowest BCUT2D eigenvalue weighted by Crippen LogP contribution is -1.91. The largest absolute Gasteiger partial charge is 0.277 e. The number of aromatic amines is 2. The van der Waals surface area contributed by atoms with E-state index in [0.29, 0.717) is 12.2 Å². The smallest absolute Gasteiger partial charge is 0.179 e. The Kier molecular flexibility index (Phi) is 2.22. The molecular formula is C9H8N6S. The molecule has 0 saturated carbocycles. The number of tetrazole rings is 1. The second-order valence-electron chi connectivity index (χ2n) is 3.25. The van der Waals surface area contributed by atoms with Gasteiger partial charge in [0.05, 0.1) is 16.8 Å². The summed E-state index contributed by atoms with van der Waals surface area (Å²) in [5, 5.41) is 22.9. The van der Waals surface area contributed by atoms with Crippen LogP contribution in [0.1, 0.15) is 11.4 Å². The van der Waals surface area contributed by atoms with Gasteiger partial charge in [0.1, 0.15) is 0 Å². The first-order chi connectivity index (χ1) is 7.93. The Morgan fingerprint density at radius 2 is 2.38 bits per heavy atom. The number of hydrogen-bond donors (Lipinski definition) is 2. The van der Waals surface area contributed by atoms with Crippen molar-refractivity contribution in [2.75, 3.05) is 0 Å². The van der Waals surface area contributed by atoms with Crippen LogP contribution in [0.5, 0.6) is 0 Å². The fourth-order valence-electron chi connectivity index (χ4n) is 1.51. The van der Waals surface area contributed by atoms with Crippen molar-refractivity contribution in [2.24, 2.45) is 0 Å². The highest BCUT2D eigenvalue weighted by molar-refractivity contribution is 7.13. The molecule has 0 aliphatic heterocycles. The van der Waals surface area contributed by atoms with Crippen LogP contribution in [0.15, 0.2) is 23.7 Å². The molecule has 0 saturated heterocycles. The van der Waals surface area contributed by atoms with Crippen molar-refractivity contribution in [3.63, 3.8) is 0 Å². The molecular weight excluding hydrogens is 224 g/mol. The molecule has 0 amide bonds. The third-order valence-corrected chi connectivity index (χ3v) is 3.11. The molecule has 2 N–H and O–H groups in total. The Morgan fingerprint density at radius 1 is 1.38 bits per heavy atom. The molecule has 7 heteroatoms. The monoisotopic (exact) mass is 232 g/mol. The van der Waals surface area contributed by atoms with Gasteiger partial charge in [0.25, 0.3) is 0 Å². The third-order valence-electron chi connectivity index (χ3n) is 2.22. The van der Waals surface area contributed by atoms with Crippen molar-refractivity contribution in [3.05, 3.63) is 35.1 Å². The van der Waals surface area contributed by atoms with Crippen LogP contribution in [-0.2, 0) is 6.42 Å². The summed E-state index contributed by atoms with van der Waals surface area (Å²) in [5.41, 5.74) is 2.10. The average Bonchev–Trinajstić information content (AvgIpc) is 2.98. The molecule has 16 heavy (non-hydrogen) atoms. The maximum atomic E-state index is 4.05. The fourth-order valence-corrected chi connectivity index (χ4v) is 2.26. The van der Waals surface area contributed by atoms with E-state index in [4.69, 9.17) is 0 Å². The Hall–Kier alpha value is -2.02. The molecule has 0 aromatic carbocycles. The van der Waals surface area contributed by atoms with E-state index in [9.17, 15) is 0 Å². The van der Waals surface area contributed by atoms with Gasteiger partial charge in [0.2, 0.25) is 0 Å². The van der Waals surface area contributed by atoms with Crippen LogP contribution in [0, 0.1) is 0 Å². The van der Waals surface area contributed by atoms with E-state index < -0.39 is 0 Å². The van der Waals surface area contributed by atoms with E-state index in [1.807, 2.05) is 11.4 Å². The summed E-state index contributed by atoms with van der Waals surface area (Å²) in [4.78, 5) is 1.16. The second-order valence-corrected chi connectivity index (χ2v) is 4.20. The average molecular weight is 232 g/mol. The van der Waals surface area contributed by atoms with E-state index in [1.54, 1.807) is 17.5 Å². The van der Waals surface area contributed by atoms with Crippen LogP contribution in [0.2, 0.25) is 0 Å². The fraction of sp³-hybridized carbons (Fsp3) is 0.111.